The van der Waals surface area contributed by atoms with Crippen LogP contribution in [0.5, 0.6) is 5.75 Å². The van der Waals surface area contributed by atoms with Crippen molar-refractivity contribution < 1.29 is 17.9 Å². The third-order valence-corrected chi connectivity index (χ3v) is 3.59. The van der Waals surface area contributed by atoms with Gasteiger partial charge < -0.3 is 9.47 Å². The molecule has 0 aliphatic rings. The maximum atomic E-state index is 11.2. The average Bonchev–Trinajstić information content (AvgIpc) is 2.23. The summed E-state index contributed by atoms with van der Waals surface area (Å²) in [5, 5.41) is 0. The van der Waals surface area contributed by atoms with Crippen LogP contribution in [0.3, 0.4) is 0 Å². The van der Waals surface area contributed by atoms with Crippen molar-refractivity contribution in [2.45, 2.75) is 18.7 Å². The molecule has 0 aliphatic carbocycles. The van der Waals surface area contributed by atoms with Crippen molar-refractivity contribution in [1.82, 2.24) is 0 Å². The second-order valence-corrected chi connectivity index (χ2v) is 5.94. The van der Waals surface area contributed by atoms with E-state index in [0.717, 1.165) is 0 Å². The molecule has 0 fully saturated rings. The third kappa shape index (κ3) is 4.53. The zero-order chi connectivity index (χ0) is 12.9. The van der Waals surface area contributed by atoms with Gasteiger partial charge in [0.2, 0.25) is 0 Å². The third-order valence-electron chi connectivity index (χ3n) is 2.11. The molecular weight excluding hydrogens is 264 g/mol. The van der Waals surface area contributed by atoms with Crippen LogP contribution in [0, 0.1) is 6.92 Å². The molecule has 0 saturated heterocycles. The lowest BCUT2D eigenvalue weighted by Crippen LogP contribution is -2.06. The standard InChI is InChI=1S/C11H15ClO4S/c1-3-15-6-7-16-10-4-5-11(9(2)8-10)17(12,13)14/h4-5,8H,3,6-7H2,1-2H3. The molecule has 17 heavy (non-hydrogen) atoms. The van der Waals surface area contributed by atoms with Gasteiger partial charge in [-0.15, -0.1) is 0 Å². The molecule has 96 valence electrons. The van der Waals surface area contributed by atoms with E-state index in [4.69, 9.17) is 20.2 Å². The minimum atomic E-state index is -3.69. The second kappa shape index (κ2) is 6.23. The molecule has 0 radical (unpaired) electrons. The highest BCUT2D eigenvalue weighted by atomic mass is 35.7. The molecule has 1 aromatic rings. The van der Waals surface area contributed by atoms with E-state index in [1.165, 1.54) is 6.07 Å². The van der Waals surface area contributed by atoms with E-state index < -0.39 is 9.05 Å². The highest BCUT2D eigenvalue weighted by Gasteiger charge is 2.13. The molecule has 4 nitrogen and oxygen atoms in total. The van der Waals surface area contributed by atoms with Crippen molar-refractivity contribution in [3.63, 3.8) is 0 Å². The van der Waals surface area contributed by atoms with E-state index in [0.29, 0.717) is 31.1 Å². The fourth-order valence-electron chi connectivity index (χ4n) is 1.35. The number of ether oxygens (including phenoxy) is 2. The van der Waals surface area contributed by atoms with Crippen LogP contribution in [0.1, 0.15) is 12.5 Å². The molecule has 0 aliphatic heterocycles. The lowest BCUT2D eigenvalue weighted by Gasteiger charge is -2.08. The fourth-order valence-corrected chi connectivity index (χ4v) is 2.54. The molecule has 0 N–H and O–H groups in total. The normalized spacial score (nSPS) is 11.5. The van der Waals surface area contributed by atoms with Crippen LogP contribution in [-0.2, 0) is 13.8 Å². The Hall–Kier alpha value is -0.780. The van der Waals surface area contributed by atoms with Crippen LogP contribution in [0.2, 0.25) is 0 Å². The van der Waals surface area contributed by atoms with Crippen molar-refractivity contribution in [3.8, 4) is 5.75 Å². The van der Waals surface area contributed by atoms with Gasteiger partial charge in [0.15, 0.2) is 0 Å². The van der Waals surface area contributed by atoms with E-state index in [9.17, 15) is 8.42 Å². The van der Waals surface area contributed by atoms with Crippen molar-refractivity contribution >= 4 is 19.7 Å². The summed E-state index contributed by atoms with van der Waals surface area (Å²) in [4.78, 5) is 0.108. The average molecular weight is 279 g/mol. The Morgan fingerprint density at radius 2 is 2.00 bits per heavy atom. The van der Waals surface area contributed by atoms with Crippen LogP contribution < -0.4 is 4.74 Å². The van der Waals surface area contributed by atoms with Gasteiger partial charge in [-0.2, -0.15) is 0 Å². The summed E-state index contributed by atoms with van der Waals surface area (Å²) in [5.74, 6) is 0.603. The van der Waals surface area contributed by atoms with Crippen LogP contribution in [-0.4, -0.2) is 28.2 Å². The van der Waals surface area contributed by atoms with E-state index >= 15 is 0 Å². The smallest absolute Gasteiger partial charge is 0.261 e. The number of aryl methyl sites for hydroxylation is 1. The second-order valence-electron chi connectivity index (χ2n) is 3.41. The van der Waals surface area contributed by atoms with Crippen molar-refractivity contribution in [3.05, 3.63) is 23.8 Å². The fraction of sp³-hybridized carbons (Fsp3) is 0.455. The summed E-state index contributed by atoms with van der Waals surface area (Å²) in [6.45, 7) is 5.16. The Morgan fingerprint density at radius 3 is 2.53 bits per heavy atom. The first kappa shape index (κ1) is 14.3. The molecule has 0 bridgehead atoms. The summed E-state index contributed by atoms with van der Waals surface area (Å²) in [5.41, 5.74) is 0.564. The van der Waals surface area contributed by atoms with Crippen LogP contribution in [0.15, 0.2) is 23.1 Å². The Labute approximate surface area is 106 Å². The summed E-state index contributed by atoms with van der Waals surface area (Å²) in [6.07, 6.45) is 0. The topological polar surface area (TPSA) is 52.6 Å². The molecule has 0 amide bonds. The van der Waals surface area contributed by atoms with Gasteiger partial charge in [-0.3, -0.25) is 0 Å². The van der Waals surface area contributed by atoms with E-state index in [1.54, 1.807) is 19.1 Å². The molecule has 0 unspecified atom stereocenters. The quantitative estimate of drug-likeness (QED) is 0.592. The molecule has 0 saturated carbocycles. The maximum absolute atomic E-state index is 11.2. The van der Waals surface area contributed by atoms with E-state index in [-0.39, 0.29) is 4.90 Å². The molecule has 6 heteroatoms. The van der Waals surface area contributed by atoms with Gasteiger partial charge in [0.05, 0.1) is 11.5 Å². The first-order valence-electron chi connectivity index (χ1n) is 5.21. The monoisotopic (exact) mass is 278 g/mol. The first-order valence-corrected chi connectivity index (χ1v) is 7.52. The number of rotatable bonds is 6. The summed E-state index contributed by atoms with van der Waals surface area (Å²) in [6, 6.07) is 4.66. The van der Waals surface area contributed by atoms with E-state index in [2.05, 4.69) is 0 Å². The number of benzene rings is 1. The highest BCUT2D eigenvalue weighted by Crippen LogP contribution is 2.23. The van der Waals surface area contributed by atoms with Crippen molar-refractivity contribution in [2.24, 2.45) is 0 Å². The Bertz CT molecular complexity index is 470. The predicted molar refractivity (Wildman–Crippen MR) is 66.2 cm³/mol. The highest BCUT2D eigenvalue weighted by molar-refractivity contribution is 8.13. The van der Waals surface area contributed by atoms with Gasteiger partial charge >= 0.3 is 0 Å². The Kier molecular flexibility index (Phi) is 5.24. The van der Waals surface area contributed by atoms with Crippen molar-refractivity contribution in [1.29, 1.82) is 0 Å². The zero-order valence-electron chi connectivity index (χ0n) is 9.77. The van der Waals surface area contributed by atoms with Gasteiger partial charge in [0.25, 0.3) is 9.05 Å². The maximum Gasteiger partial charge on any atom is 0.261 e. The van der Waals surface area contributed by atoms with Crippen LogP contribution in [0.25, 0.3) is 0 Å². The molecule has 1 aromatic carbocycles. The Balaban J connectivity index is 2.70. The number of halogens is 1. The van der Waals surface area contributed by atoms with E-state index in [1.807, 2.05) is 6.92 Å². The molecule has 0 aromatic heterocycles. The van der Waals surface area contributed by atoms with Gasteiger partial charge in [-0.25, -0.2) is 8.42 Å². The van der Waals surface area contributed by atoms with Gasteiger partial charge in [-0.1, -0.05) is 0 Å². The Morgan fingerprint density at radius 1 is 1.29 bits per heavy atom. The number of hydrogen-bond donors (Lipinski definition) is 0. The van der Waals surface area contributed by atoms with Crippen molar-refractivity contribution in [2.75, 3.05) is 19.8 Å². The minimum absolute atomic E-state index is 0.108. The molecule has 0 spiro atoms. The summed E-state index contributed by atoms with van der Waals surface area (Å²) in [7, 11) is 1.59. The zero-order valence-corrected chi connectivity index (χ0v) is 11.3. The van der Waals surface area contributed by atoms with Gasteiger partial charge in [0.1, 0.15) is 12.4 Å². The molecule has 0 heterocycles. The lowest BCUT2D eigenvalue weighted by atomic mass is 10.2. The molecule has 1 rings (SSSR count). The van der Waals surface area contributed by atoms with Crippen LogP contribution in [0.4, 0.5) is 0 Å². The predicted octanol–water partition coefficient (Wildman–Crippen LogP) is 2.34. The molecular formula is C11H15ClO4S. The lowest BCUT2D eigenvalue weighted by molar-refractivity contribution is 0.110. The number of hydrogen-bond acceptors (Lipinski definition) is 4. The first-order chi connectivity index (χ1) is 7.95. The van der Waals surface area contributed by atoms with Gasteiger partial charge in [0, 0.05) is 17.3 Å². The largest absolute Gasteiger partial charge is 0.491 e. The summed E-state index contributed by atoms with van der Waals surface area (Å²) < 4.78 is 32.9. The van der Waals surface area contributed by atoms with Gasteiger partial charge in [-0.05, 0) is 37.6 Å². The summed E-state index contributed by atoms with van der Waals surface area (Å²) >= 11 is 0. The minimum Gasteiger partial charge on any atom is -0.491 e. The molecule has 0 atom stereocenters. The van der Waals surface area contributed by atoms with Crippen LogP contribution >= 0.6 is 10.7 Å². The SMILES string of the molecule is CCOCCOc1ccc(S(=O)(=O)Cl)c(C)c1.